The van der Waals surface area contributed by atoms with Gasteiger partial charge in [-0.1, -0.05) is 24.3 Å². The van der Waals surface area contributed by atoms with Gasteiger partial charge in [0.25, 0.3) is 5.91 Å². The van der Waals surface area contributed by atoms with E-state index in [1.54, 1.807) is 38.1 Å². The van der Waals surface area contributed by atoms with Gasteiger partial charge in [0.05, 0.1) is 23.5 Å². The third-order valence-electron chi connectivity index (χ3n) is 4.82. The number of fused-ring (bicyclic) bond motifs is 1. The zero-order valence-corrected chi connectivity index (χ0v) is 17.9. The van der Waals surface area contributed by atoms with E-state index in [2.05, 4.69) is 10.0 Å². The molecule has 31 heavy (non-hydrogen) atoms. The van der Waals surface area contributed by atoms with Gasteiger partial charge in [0.1, 0.15) is 0 Å². The van der Waals surface area contributed by atoms with E-state index in [0.29, 0.717) is 27.6 Å². The fourth-order valence-electron chi connectivity index (χ4n) is 3.20. The number of nitrogens with one attached hydrogen (secondary N) is 2. The maximum absolute atomic E-state index is 12.9. The summed E-state index contributed by atoms with van der Waals surface area (Å²) in [6, 6.07) is 12.6. The van der Waals surface area contributed by atoms with E-state index >= 15 is 0 Å². The van der Waals surface area contributed by atoms with Crippen molar-refractivity contribution >= 4 is 32.4 Å². The number of rotatable bonds is 5. The van der Waals surface area contributed by atoms with Crippen molar-refractivity contribution in [2.75, 3.05) is 11.0 Å². The van der Waals surface area contributed by atoms with Gasteiger partial charge in [0, 0.05) is 5.56 Å². The number of halogens is 3. The van der Waals surface area contributed by atoms with Gasteiger partial charge in [0.15, 0.2) is 0 Å². The van der Waals surface area contributed by atoms with Crippen LogP contribution in [0.5, 0.6) is 0 Å². The van der Waals surface area contributed by atoms with E-state index in [-0.39, 0.29) is 11.9 Å². The summed E-state index contributed by atoms with van der Waals surface area (Å²) in [5, 5.41) is 3.77. The monoisotopic (exact) mass is 450 g/mol. The highest BCUT2D eigenvalue weighted by molar-refractivity contribution is 7.92. The highest BCUT2D eigenvalue weighted by Crippen LogP contribution is 2.31. The molecule has 0 heterocycles. The van der Waals surface area contributed by atoms with Gasteiger partial charge in [0.2, 0.25) is 10.0 Å². The average molecular weight is 450 g/mol. The number of hydrogen-bond acceptors (Lipinski definition) is 3. The van der Waals surface area contributed by atoms with Crippen molar-refractivity contribution < 1.29 is 26.4 Å². The van der Waals surface area contributed by atoms with Gasteiger partial charge in [-0.25, -0.2) is 8.42 Å². The molecule has 5 nitrogen and oxygen atoms in total. The first-order valence-corrected chi connectivity index (χ1v) is 11.2. The van der Waals surface area contributed by atoms with Crippen LogP contribution in [-0.4, -0.2) is 20.6 Å². The molecule has 164 valence electrons. The molecule has 0 aliphatic carbocycles. The molecule has 3 aromatic carbocycles. The predicted octanol–water partition coefficient (Wildman–Crippen LogP) is 5.03. The Morgan fingerprint density at radius 3 is 2.23 bits per heavy atom. The molecule has 0 fully saturated rings. The lowest BCUT2D eigenvalue weighted by atomic mass is 10.0. The van der Waals surface area contributed by atoms with Crippen molar-refractivity contribution in [3.8, 4) is 0 Å². The number of aryl methyl sites for hydroxylation is 1. The number of alkyl halides is 3. The van der Waals surface area contributed by atoms with E-state index in [4.69, 9.17) is 0 Å². The van der Waals surface area contributed by atoms with Crippen LogP contribution in [0.15, 0.2) is 54.6 Å². The summed E-state index contributed by atoms with van der Waals surface area (Å²) in [6.45, 7) is 3.54. The Bertz CT molecular complexity index is 1250. The molecule has 0 aliphatic rings. The molecule has 3 rings (SSSR count). The molecule has 0 spiro atoms. The molecule has 3 aromatic rings. The first-order chi connectivity index (χ1) is 14.3. The van der Waals surface area contributed by atoms with E-state index < -0.39 is 21.8 Å². The Kier molecular flexibility index (Phi) is 6.00. The van der Waals surface area contributed by atoms with Crippen molar-refractivity contribution in [2.45, 2.75) is 26.1 Å². The molecular weight excluding hydrogens is 429 g/mol. The maximum atomic E-state index is 12.9. The van der Waals surface area contributed by atoms with Crippen LogP contribution >= 0.6 is 0 Å². The lowest BCUT2D eigenvalue weighted by molar-refractivity contribution is -0.137. The van der Waals surface area contributed by atoms with E-state index in [1.807, 2.05) is 0 Å². The summed E-state index contributed by atoms with van der Waals surface area (Å²) in [5.41, 5.74) is 1.52. The zero-order valence-electron chi connectivity index (χ0n) is 17.0. The second-order valence-electron chi connectivity index (χ2n) is 7.42. The van der Waals surface area contributed by atoms with Crippen LogP contribution in [0.1, 0.15) is 40.0 Å². The minimum absolute atomic E-state index is 0.325. The molecule has 2 N–H and O–H groups in total. The molecule has 0 unspecified atom stereocenters. The van der Waals surface area contributed by atoms with Gasteiger partial charge in [-0.2, -0.15) is 13.2 Å². The Balaban J connectivity index is 1.77. The molecule has 1 atom stereocenters. The summed E-state index contributed by atoms with van der Waals surface area (Å²) >= 11 is 0. The predicted molar refractivity (Wildman–Crippen MR) is 114 cm³/mol. The summed E-state index contributed by atoms with van der Waals surface area (Å²) in [7, 11) is -3.40. The van der Waals surface area contributed by atoms with Crippen LogP contribution in [0.2, 0.25) is 0 Å². The molecule has 9 heteroatoms. The number of hydrogen-bond donors (Lipinski definition) is 2. The fourth-order valence-corrected chi connectivity index (χ4v) is 3.83. The van der Waals surface area contributed by atoms with Crippen molar-refractivity contribution in [3.63, 3.8) is 0 Å². The number of carbonyl (C=O) groups excluding carboxylic acids is 1. The normalized spacial score (nSPS) is 13.1. The molecular formula is C22H21F3N2O3S. The van der Waals surface area contributed by atoms with Gasteiger partial charge in [-0.05, 0) is 66.1 Å². The van der Waals surface area contributed by atoms with Gasteiger partial charge in [-0.3, -0.25) is 9.52 Å². The third kappa shape index (κ3) is 5.55. The lowest BCUT2D eigenvalue weighted by Gasteiger charge is -2.17. The Hall–Kier alpha value is -3.07. The molecule has 0 aliphatic heterocycles. The van der Waals surface area contributed by atoms with Crippen molar-refractivity contribution in [2.24, 2.45) is 0 Å². The second-order valence-corrected chi connectivity index (χ2v) is 9.17. The van der Waals surface area contributed by atoms with Crippen LogP contribution in [0.25, 0.3) is 10.8 Å². The van der Waals surface area contributed by atoms with Crippen molar-refractivity contribution in [3.05, 3.63) is 76.9 Å². The van der Waals surface area contributed by atoms with Crippen LogP contribution in [0.3, 0.4) is 0 Å². The molecule has 0 saturated carbocycles. The molecule has 1 amide bonds. The second kappa shape index (κ2) is 8.22. The smallest absolute Gasteiger partial charge is 0.346 e. The Morgan fingerprint density at radius 2 is 1.61 bits per heavy atom. The lowest BCUT2D eigenvalue weighted by Crippen LogP contribution is -2.26. The van der Waals surface area contributed by atoms with Crippen LogP contribution in [0, 0.1) is 6.92 Å². The number of benzene rings is 3. The Labute approximate surface area is 178 Å². The first kappa shape index (κ1) is 22.6. The third-order valence-corrected chi connectivity index (χ3v) is 5.41. The van der Waals surface area contributed by atoms with Crippen molar-refractivity contribution in [1.82, 2.24) is 5.32 Å². The quantitative estimate of drug-likeness (QED) is 0.573. The fraction of sp³-hybridized carbons (Fsp3) is 0.227. The van der Waals surface area contributed by atoms with E-state index in [9.17, 15) is 26.4 Å². The number of sulfonamides is 1. The summed E-state index contributed by atoms with van der Waals surface area (Å²) in [5.74, 6) is -0.370. The van der Waals surface area contributed by atoms with Gasteiger partial charge < -0.3 is 5.32 Å². The average Bonchev–Trinajstić information content (AvgIpc) is 2.66. The van der Waals surface area contributed by atoms with Gasteiger partial charge in [-0.15, -0.1) is 0 Å². The van der Waals surface area contributed by atoms with Crippen molar-refractivity contribution in [1.29, 1.82) is 0 Å². The van der Waals surface area contributed by atoms with Crippen LogP contribution < -0.4 is 10.0 Å². The largest absolute Gasteiger partial charge is 0.416 e. The highest BCUT2D eigenvalue weighted by atomic mass is 32.2. The minimum Gasteiger partial charge on any atom is -0.346 e. The minimum atomic E-state index is -4.43. The van der Waals surface area contributed by atoms with Gasteiger partial charge >= 0.3 is 6.18 Å². The maximum Gasteiger partial charge on any atom is 0.416 e. The van der Waals surface area contributed by atoms with Crippen LogP contribution in [0.4, 0.5) is 18.9 Å². The number of amides is 1. The number of anilines is 1. The SMILES string of the molecule is Cc1cc([C@@H](C)NC(=O)c2ccc3cc(C(F)(F)F)ccc3c2)ccc1NS(C)(=O)=O. The molecule has 0 radical (unpaired) electrons. The topological polar surface area (TPSA) is 75.3 Å². The first-order valence-electron chi connectivity index (χ1n) is 9.34. The standard InChI is InChI=1S/C22H21F3N2O3S/c1-13-10-15(7-9-20(13)27-31(3,29)30)14(2)26-21(28)18-5-4-17-12-19(22(23,24)25)8-6-16(17)11-18/h4-12,14,27H,1-3H3,(H,26,28)/t14-/m1/s1. The van der Waals surface area contributed by atoms with Crippen LogP contribution in [-0.2, 0) is 16.2 Å². The van der Waals surface area contributed by atoms with E-state index in [1.165, 1.54) is 18.2 Å². The number of carbonyl (C=O) groups is 1. The van der Waals surface area contributed by atoms with E-state index in [0.717, 1.165) is 24.0 Å². The molecule has 0 bridgehead atoms. The summed E-state index contributed by atoms with van der Waals surface area (Å²) in [4.78, 5) is 12.7. The summed E-state index contributed by atoms with van der Waals surface area (Å²) < 4.78 is 63.8. The zero-order chi connectivity index (χ0) is 23.0. The highest BCUT2D eigenvalue weighted by Gasteiger charge is 2.30. The molecule has 0 aromatic heterocycles. The summed E-state index contributed by atoms with van der Waals surface area (Å²) in [6.07, 6.45) is -3.36. The molecule has 0 saturated heterocycles. The Morgan fingerprint density at radius 1 is 0.968 bits per heavy atom.